The van der Waals surface area contributed by atoms with E-state index in [4.69, 9.17) is 0 Å². The first-order valence-corrected chi connectivity index (χ1v) is 8.14. The fraction of sp³-hybridized carbons (Fsp3) is 0.500. The molecule has 1 rings (SSSR count). The van der Waals surface area contributed by atoms with Crippen LogP contribution in [0, 0.1) is 11.6 Å². The van der Waals surface area contributed by atoms with Crippen LogP contribution in [-0.4, -0.2) is 24.2 Å². The topological polar surface area (TPSA) is 34.1 Å². The Kier molecular flexibility index (Phi) is 4.54. The third kappa shape index (κ3) is 3.29. The highest BCUT2D eigenvalue weighted by Crippen LogP contribution is 2.29. The standard InChI is InChI=1S/C12H15BrF2O2S/c1-12(2,18(3,16)17)11(13)6-8-4-5-9(14)7-10(8)15/h4-5,7,11H,6H2,1-3H3. The van der Waals surface area contributed by atoms with Crippen molar-refractivity contribution < 1.29 is 17.2 Å². The van der Waals surface area contributed by atoms with Gasteiger partial charge in [0.2, 0.25) is 0 Å². The summed E-state index contributed by atoms with van der Waals surface area (Å²) in [6.45, 7) is 3.15. The first kappa shape index (κ1) is 15.6. The van der Waals surface area contributed by atoms with Gasteiger partial charge in [-0.3, -0.25) is 0 Å². The molecule has 0 aromatic heterocycles. The molecule has 0 saturated heterocycles. The van der Waals surface area contributed by atoms with E-state index in [9.17, 15) is 17.2 Å². The summed E-state index contributed by atoms with van der Waals surface area (Å²) in [5.41, 5.74) is 0.287. The average molecular weight is 341 g/mol. The lowest BCUT2D eigenvalue weighted by atomic mass is 10.0. The number of rotatable bonds is 4. The molecule has 102 valence electrons. The molecule has 0 aliphatic carbocycles. The molecule has 1 atom stereocenters. The molecule has 0 bridgehead atoms. The van der Waals surface area contributed by atoms with Crippen molar-refractivity contribution in [3.63, 3.8) is 0 Å². The SMILES string of the molecule is CC(C)(C(Br)Cc1ccc(F)cc1F)S(C)(=O)=O. The van der Waals surface area contributed by atoms with Gasteiger partial charge in [0.25, 0.3) is 0 Å². The molecule has 0 aliphatic heterocycles. The second-order valence-corrected chi connectivity index (χ2v) is 8.48. The summed E-state index contributed by atoms with van der Waals surface area (Å²) in [6, 6.07) is 3.28. The summed E-state index contributed by atoms with van der Waals surface area (Å²) in [4.78, 5) is -0.458. The first-order valence-electron chi connectivity index (χ1n) is 5.33. The molecule has 0 saturated carbocycles. The molecule has 2 nitrogen and oxygen atoms in total. The predicted molar refractivity (Wildman–Crippen MR) is 71.7 cm³/mol. The van der Waals surface area contributed by atoms with Crippen molar-refractivity contribution in [2.24, 2.45) is 0 Å². The van der Waals surface area contributed by atoms with Crippen molar-refractivity contribution in [3.05, 3.63) is 35.4 Å². The maximum Gasteiger partial charge on any atom is 0.153 e. The van der Waals surface area contributed by atoms with Crippen molar-refractivity contribution >= 4 is 25.8 Å². The van der Waals surface area contributed by atoms with E-state index in [1.54, 1.807) is 13.8 Å². The molecule has 0 aliphatic rings. The summed E-state index contributed by atoms with van der Waals surface area (Å²) in [5.74, 6) is -1.31. The Balaban J connectivity index is 2.98. The van der Waals surface area contributed by atoms with Gasteiger partial charge in [-0.2, -0.15) is 0 Å². The maximum absolute atomic E-state index is 13.5. The average Bonchev–Trinajstić information content (AvgIpc) is 2.20. The van der Waals surface area contributed by atoms with Gasteiger partial charge in [0.05, 0.1) is 4.75 Å². The van der Waals surface area contributed by atoms with E-state index in [0.717, 1.165) is 18.4 Å². The Labute approximate surface area is 114 Å². The van der Waals surface area contributed by atoms with E-state index >= 15 is 0 Å². The van der Waals surface area contributed by atoms with Crippen molar-refractivity contribution in [3.8, 4) is 0 Å². The van der Waals surface area contributed by atoms with Crippen molar-refractivity contribution in [2.45, 2.75) is 29.8 Å². The van der Waals surface area contributed by atoms with Gasteiger partial charge in [0.1, 0.15) is 11.6 Å². The monoisotopic (exact) mass is 340 g/mol. The summed E-state index contributed by atoms with van der Waals surface area (Å²) in [6.07, 6.45) is 1.31. The van der Waals surface area contributed by atoms with Crippen LogP contribution in [0.3, 0.4) is 0 Å². The Hall–Kier alpha value is -0.490. The summed E-state index contributed by atoms with van der Waals surface area (Å²) < 4.78 is 48.5. The second kappa shape index (κ2) is 5.25. The fourth-order valence-electron chi connectivity index (χ4n) is 1.36. The highest BCUT2D eigenvalue weighted by Gasteiger charge is 2.37. The molecule has 0 fully saturated rings. The zero-order valence-electron chi connectivity index (χ0n) is 10.4. The van der Waals surface area contributed by atoms with Gasteiger partial charge in [0, 0.05) is 17.1 Å². The molecule has 0 amide bonds. The summed E-state index contributed by atoms with van der Waals surface area (Å²) >= 11 is 3.29. The Bertz CT molecular complexity index is 541. The van der Waals surface area contributed by atoms with Crippen LogP contribution >= 0.6 is 15.9 Å². The highest BCUT2D eigenvalue weighted by atomic mass is 79.9. The lowest BCUT2D eigenvalue weighted by Crippen LogP contribution is -2.41. The van der Waals surface area contributed by atoms with Crippen molar-refractivity contribution in [1.82, 2.24) is 0 Å². The zero-order chi connectivity index (χ0) is 14.1. The molecule has 0 heterocycles. The molecule has 0 spiro atoms. The number of halogens is 3. The largest absolute Gasteiger partial charge is 0.229 e. The maximum atomic E-state index is 13.5. The van der Waals surface area contributed by atoms with E-state index < -0.39 is 31.0 Å². The normalized spacial score (nSPS) is 14.6. The van der Waals surface area contributed by atoms with Gasteiger partial charge in [-0.25, -0.2) is 17.2 Å². The van der Waals surface area contributed by atoms with Crippen LogP contribution in [0.4, 0.5) is 8.78 Å². The van der Waals surface area contributed by atoms with Crippen LogP contribution in [0.15, 0.2) is 18.2 Å². The number of hydrogen-bond acceptors (Lipinski definition) is 2. The van der Waals surface area contributed by atoms with Gasteiger partial charge in [-0.05, 0) is 31.9 Å². The predicted octanol–water partition coefficient (Wildman–Crippen LogP) is 3.09. The second-order valence-electron chi connectivity index (χ2n) is 4.78. The smallest absolute Gasteiger partial charge is 0.153 e. The quantitative estimate of drug-likeness (QED) is 0.789. The zero-order valence-corrected chi connectivity index (χ0v) is 12.8. The lowest BCUT2D eigenvalue weighted by molar-refractivity contribution is 0.532. The van der Waals surface area contributed by atoms with E-state index in [2.05, 4.69) is 15.9 Å². The molecule has 18 heavy (non-hydrogen) atoms. The molecule has 1 unspecified atom stereocenters. The minimum Gasteiger partial charge on any atom is -0.229 e. The van der Waals surface area contributed by atoms with Gasteiger partial charge in [0.15, 0.2) is 9.84 Å². The lowest BCUT2D eigenvalue weighted by Gasteiger charge is -2.28. The molecule has 0 N–H and O–H groups in total. The van der Waals surface area contributed by atoms with Gasteiger partial charge in [-0.15, -0.1) is 0 Å². The van der Waals surface area contributed by atoms with Crippen LogP contribution in [0.2, 0.25) is 0 Å². The van der Waals surface area contributed by atoms with Crippen LogP contribution < -0.4 is 0 Å². The van der Waals surface area contributed by atoms with Gasteiger partial charge in [-0.1, -0.05) is 22.0 Å². The minimum absolute atomic E-state index is 0.173. The van der Waals surface area contributed by atoms with Crippen LogP contribution in [0.25, 0.3) is 0 Å². The Morgan fingerprint density at radius 2 is 1.89 bits per heavy atom. The fourth-order valence-corrected chi connectivity index (χ4v) is 3.27. The third-order valence-corrected chi connectivity index (χ3v) is 7.09. The third-order valence-electron chi connectivity index (χ3n) is 3.12. The summed E-state index contributed by atoms with van der Waals surface area (Å²) in [7, 11) is -3.29. The van der Waals surface area contributed by atoms with Crippen molar-refractivity contribution in [1.29, 1.82) is 0 Å². The molecule has 0 radical (unpaired) electrons. The highest BCUT2D eigenvalue weighted by molar-refractivity contribution is 9.09. The number of benzene rings is 1. The number of sulfone groups is 1. The molecule has 1 aromatic carbocycles. The summed E-state index contributed by atoms with van der Waals surface area (Å²) in [5, 5.41) is 0. The first-order chi connectivity index (χ1) is 8.05. The molecular weight excluding hydrogens is 326 g/mol. The molecule has 1 aromatic rings. The van der Waals surface area contributed by atoms with Gasteiger partial charge < -0.3 is 0 Å². The minimum atomic E-state index is -3.29. The Morgan fingerprint density at radius 3 is 2.33 bits per heavy atom. The van der Waals surface area contributed by atoms with Crippen LogP contribution in [-0.2, 0) is 16.3 Å². The Morgan fingerprint density at radius 1 is 1.33 bits per heavy atom. The van der Waals surface area contributed by atoms with E-state index in [-0.39, 0.29) is 12.0 Å². The van der Waals surface area contributed by atoms with E-state index in [1.807, 2.05) is 0 Å². The van der Waals surface area contributed by atoms with E-state index in [0.29, 0.717) is 0 Å². The van der Waals surface area contributed by atoms with Crippen LogP contribution in [0.5, 0.6) is 0 Å². The van der Waals surface area contributed by atoms with E-state index in [1.165, 1.54) is 6.07 Å². The molecule has 6 heteroatoms. The number of alkyl halides is 1. The molecular formula is C12H15BrF2O2S. The van der Waals surface area contributed by atoms with Gasteiger partial charge >= 0.3 is 0 Å². The van der Waals surface area contributed by atoms with Crippen LogP contribution in [0.1, 0.15) is 19.4 Å². The number of hydrogen-bond donors (Lipinski definition) is 0. The van der Waals surface area contributed by atoms with Crippen molar-refractivity contribution in [2.75, 3.05) is 6.26 Å².